The molecule has 4 nitrogen and oxygen atoms in total. The highest BCUT2D eigenvalue weighted by Crippen LogP contribution is 2.36. The van der Waals surface area contributed by atoms with E-state index in [1.54, 1.807) is 14.2 Å². The van der Waals surface area contributed by atoms with Gasteiger partial charge in [0.2, 0.25) is 0 Å². The smallest absolute Gasteiger partial charge is 0.127 e. The van der Waals surface area contributed by atoms with Gasteiger partial charge in [0, 0.05) is 17.7 Å². The fourth-order valence-corrected chi connectivity index (χ4v) is 2.90. The average Bonchev–Trinajstić information content (AvgIpc) is 2.59. The summed E-state index contributed by atoms with van der Waals surface area (Å²) in [5, 5.41) is 0. The van der Waals surface area contributed by atoms with E-state index in [0.29, 0.717) is 0 Å². The van der Waals surface area contributed by atoms with Crippen LogP contribution >= 0.6 is 0 Å². The Labute approximate surface area is 115 Å². The maximum Gasteiger partial charge on any atom is 0.127 e. The number of ether oxygens (including phenoxy) is 2. The second kappa shape index (κ2) is 6.26. The summed E-state index contributed by atoms with van der Waals surface area (Å²) in [7, 11) is 5.50. The van der Waals surface area contributed by atoms with Gasteiger partial charge < -0.3 is 15.2 Å². The van der Waals surface area contributed by atoms with Gasteiger partial charge in [0.1, 0.15) is 11.5 Å². The van der Waals surface area contributed by atoms with E-state index in [4.69, 9.17) is 15.2 Å². The van der Waals surface area contributed by atoms with Gasteiger partial charge in [-0.1, -0.05) is 12.5 Å². The molecule has 1 heterocycles. The summed E-state index contributed by atoms with van der Waals surface area (Å²) in [4.78, 5) is 2.34. The summed E-state index contributed by atoms with van der Waals surface area (Å²) < 4.78 is 10.8. The van der Waals surface area contributed by atoms with E-state index in [0.717, 1.165) is 30.0 Å². The SMILES string of the molecule is COc1ccc(C2C(N)CCCCN2C)c(OC)c1. The Balaban J connectivity index is 2.37. The van der Waals surface area contributed by atoms with Gasteiger partial charge in [-0.3, -0.25) is 4.90 Å². The molecule has 1 aliphatic heterocycles. The minimum Gasteiger partial charge on any atom is -0.497 e. The van der Waals surface area contributed by atoms with Crippen molar-refractivity contribution in [2.24, 2.45) is 5.73 Å². The van der Waals surface area contributed by atoms with Crippen LogP contribution in [-0.4, -0.2) is 38.8 Å². The van der Waals surface area contributed by atoms with Crippen LogP contribution in [0.5, 0.6) is 11.5 Å². The van der Waals surface area contributed by atoms with Gasteiger partial charge in [-0.25, -0.2) is 0 Å². The number of hydrogen-bond donors (Lipinski definition) is 1. The number of rotatable bonds is 3. The Morgan fingerprint density at radius 1 is 1.21 bits per heavy atom. The first kappa shape index (κ1) is 14.2. The van der Waals surface area contributed by atoms with Crippen molar-refractivity contribution in [3.63, 3.8) is 0 Å². The fourth-order valence-electron chi connectivity index (χ4n) is 2.90. The third-order valence-electron chi connectivity index (χ3n) is 3.94. The second-order valence-corrected chi connectivity index (χ2v) is 5.19. The van der Waals surface area contributed by atoms with E-state index in [1.807, 2.05) is 12.1 Å². The van der Waals surface area contributed by atoms with Crippen molar-refractivity contribution in [2.45, 2.75) is 31.3 Å². The van der Waals surface area contributed by atoms with E-state index < -0.39 is 0 Å². The summed E-state index contributed by atoms with van der Waals surface area (Å²) in [5.41, 5.74) is 7.52. The largest absolute Gasteiger partial charge is 0.497 e. The van der Waals surface area contributed by atoms with Crippen LogP contribution in [0, 0.1) is 0 Å². The number of nitrogens with zero attached hydrogens (tertiary/aromatic N) is 1. The Kier molecular flexibility index (Phi) is 4.66. The maximum absolute atomic E-state index is 6.37. The van der Waals surface area contributed by atoms with Gasteiger partial charge in [-0.05, 0) is 32.5 Å². The van der Waals surface area contributed by atoms with Gasteiger partial charge in [-0.15, -0.1) is 0 Å². The first-order valence-corrected chi connectivity index (χ1v) is 6.85. The predicted molar refractivity (Wildman–Crippen MR) is 76.7 cm³/mol. The van der Waals surface area contributed by atoms with Crippen LogP contribution in [0.3, 0.4) is 0 Å². The lowest BCUT2D eigenvalue weighted by Gasteiger charge is -2.31. The zero-order chi connectivity index (χ0) is 13.8. The Morgan fingerprint density at radius 3 is 2.68 bits per heavy atom. The van der Waals surface area contributed by atoms with Gasteiger partial charge in [0.05, 0.1) is 20.3 Å². The summed E-state index contributed by atoms with van der Waals surface area (Å²) in [6, 6.07) is 6.34. The van der Waals surface area contributed by atoms with Crippen molar-refractivity contribution >= 4 is 0 Å². The minimum atomic E-state index is 0.148. The number of nitrogens with two attached hydrogens (primary N) is 1. The molecule has 0 aromatic heterocycles. The first-order valence-electron chi connectivity index (χ1n) is 6.85. The molecule has 2 atom stereocenters. The minimum absolute atomic E-state index is 0.148. The first-order chi connectivity index (χ1) is 9.17. The molecule has 106 valence electrons. The van der Waals surface area contributed by atoms with Gasteiger partial charge >= 0.3 is 0 Å². The molecule has 1 aromatic carbocycles. The van der Waals surface area contributed by atoms with Gasteiger partial charge in [0.15, 0.2) is 0 Å². The summed E-state index contributed by atoms with van der Waals surface area (Å²) in [5.74, 6) is 1.67. The fraction of sp³-hybridized carbons (Fsp3) is 0.600. The number of likely N-dealkylation sites (N-methyl/N-ethyl adjacent to an activating group) is 1. The number of likely N-dealkylation sites (tertiary alicyclic amines) is 1. The van der Waals surface area contributed by atoms with Crippen molar-refractivity contribution < 1.29 is 9.47 Å². The summed E-state index contributed by atoms with van der Waals surface area (Å²) in [6.07, 6.45) is 3.46. The third-order valence-corrected chi connectivity index (χ3v) is 3.94. The van der Waals surface area contributed by atoms with Crippen molar-refractivity contribution in [2.75, 3.05) is 27.8 Å². The molecule has 4 heteroatoms. The van der Waals surface area contributed by atoms with Crippen molar-refractivity contribution in [1.29, 1.82) is 0 Å². The molecule has 2 rings (SSSR count). The van der Waals surface area contributed by atoms with Gasteiger partial charge in [-0.2, -0.15) is 0 Å². The molecule has 0 saturated carbocycles. The molecule has 1 saturated heterocycles. The lowest BCUT2D eigenvalue weighted by Crippen LogP contribution is -2.37. The van der Waals surface area contributed by atoms with Crippen LogP contribution in [-0.2, 0) is 0 Å². The standard InChI is InChI=1S/C15H24N2O2/c1-17-9-5-4-6-13(16)15(17)12-8-7-11(18-2)10-14(12)19-3/h7-8,10,13,15H,4-6,9,16H2,1-3H3. The van der Waals surface area contributed by atoms with Crippen molar-refractivity contribution in [1.82, 2.24) is 4.90 Å². The molecule has 2 unspecified atom stereocenters. The van der Waals surface area contributed by atoms with E-state index in [9.17, 15) is 0 Å². The lowest BCUT2D eigenvalue weighted by molar-refractivity contribution is 0.224. The Hall–Kier alpha value is -1.26. The van der Waals surface area contributed by atoms with Crippen LogP contribution in [0.2, 0.25) is 0 Å². The maximum atomic E-state index is 6.37. The predicted octanol–water partition coefficient (Wildman–Crippen LogP) is 2.19. The molecule has 0 amide bonds. The topological polar surface area (TPSA) is 47.7 Å². The Bertz CT molecular complexity index is 411. The third kappa shape index (κ3) is 3.01. The van der Waals surface area contributed by atoms with E-state index >= 15 is 0 Å². The van der Waals surface area contributed by atoms with Gasteiger partial charge in [0.25, 0.3) is 0 Å². The van der Waals surface area contributed by atoms with Crippen LogP contribution < -0.4 is 15.2 Å². The second-order valence-electron chi connectivity index (χ2n) is 5.19. The Morgan fingerprint density at radius 2 is 2.00 bits per heavy atom. The molecule has 0 aliphatic carbocycles. The molecule has 0 radical (unpaired) electrons. The van der Waals surface area contributed by atoms with Crippen LogP contribution in [0.25, 0.3) is 0 Å². The molecule has 2 N–H and O–H groups in total. The normalized spacial score (nSPS) is 24.8. The average molecular weight is 264 g/mol. The lowest BCUT2D eigenvalue weighted by atomic mass is 9.95. The highest BCUT2D eigenvalue weighted by Gasteiger charge is 2.28. The zero-order valence-electron chi connectivity index (χ0n) is 12.1. The molecule has 19 heavy (non-hydrogen) atoms. The number of hydrogen-bond acceptors (Lipinski definition) is 4. The zero-order valence-corrected chi connectivity index (χ0v) is 12.1. The highest BCUT2D eigenvalue weighted by atomic mass is 16.5. The molecule has 1 fully saturated rings. The molecule has 1 aromatic rings. The van der Waals surface area contributed by atoms with E-state index in [-0.39, 0.29) is 12.1 Å². The van der Waals surface area contributed by atoms with Crippen LogP contribution in [0.4, 0.5) is 0 Å². The number of methoxy groups -OCH3 is 2. The van der Waals surface area contributed by atoms with E-state index in [2.05, 4.69) is 18.0 Å². The number of benzene rings is 1. The van der Waals surface area contributed by atoms with Crippen LogP contribution in [0.15, 0.2) is 18.2 Å². The molecular weight excluding hydrogens is 240 g/mol. The molecule has 0 spiro atoms. The molecular formula is C15H24N2O2. The quantitative estimate of drug-likeness (QED) is 0.909. The highest BCUT2D eigenvalue weighted by molar-refractivity contribution is 5.43. The summed E-state index contributed by atoms with van der Waals surface area (Å²) >= 11 is 0. The van der Waals surface area contributed by atoms with E-state index in [1.165, 1.54) is 12.8 Å². The molecule has 1 aliphatic rings. The molecule has 0 bridgehead atoms. The monoisotopic (exact) mass is 264 g/mol. The van der Waals surface area contributed by atoms with Crippen LogP contribution in [0.1, 0.15) is 30.9 Å². The summed E-state index contributed by atoms with van der Waals surface area (Å²) in [6.45, 7) is 1.08. The van der Waals surface area contributed by atoms with Crippen molar-refractivity contribution in [3.8, 4) is 11.5 Å². The van der Waals surface area contributed by atoms with Crippen molar-refractivity contribution in [3.05, 3.63) is 23.8 Å².